The first-order valence-corrected chi connectivity index (χ1v) is 9.53. The quantitative estimate of drug-likeness (QED) is 0.337. The predicted molar refractivity (Wildman–Crippen MR) is 119 cm³/mol. The molecule has 1 aliphatic heterocycles. The second-order valence-electron chi connectivity index (χ2n) is 6.66. The lowest BCUT2D eigenvalue weighted by atomic mass is 10.0. The van der Waals surface area contributed by atoms with E-state index in [0.29, 0.717) is 5.92 Å². The van der Waals surface area contributed by atoms with Gasteiger partial charge in [-0.2, -0.15) is 0 Å². The minimum Gasteiger partial charge on any atom is -0.493 e. The van der Waals surface area contributed by atoms with E-state index in [1.165, 1.54) is 5.56 Å². The van der Waals surface area contributed by atoms with E-state index < -0.39 is 0 Å². The van der Waals surface area contributed by atoms with Gasteiger partial charge in [0, 0.05) is 31.7 Å². The molecule has 0 bridgehead atoms. The maximum Gasteiger partial charge on any atom is 0.191 e. The Morgan fingerprint density at radius 3 is 2.77 bits per heavy atom. The van der Waals surface area contributed by atoms with Crippen LogP contribution in [0.2, 0.25) is 0 Å². The van der Waals surface area contributed by atoms with E-state index in [1.807, 2.05) is 19.1 Å². The summed E-state index contributed by atoms with van der Waals surface area (Å²) in [4.78, 5) is 4.76. The van der Waals surface area contributed by atoms with Gasteiger partial charge in [-0.3, -0.25) is 4.99 Å². The Kier molecular flexibility index (Phi) is 11.0. The molecular weight excluding hydrogens is 441 g/mol. The van der Waals surface area contributed by atoms with Crippen LogP contribution in [0.5, 0.6) is 5.75 Å². The normalized spacial score (nSPS) is 17.7. The zero-order chi connectivity index (χ0) is 18.1. The summed E-state index contributed by atoms with van der Waals surface area (Å²) in [6, 6.07) is 8.46. The van der Waals surface area contributed by atoms with E-state index in [2.05, 4.69) is 43.5 Å². The van der Waals surface area contributed by atoms with Crippen LogP contribution >= 0.6 is 24.0 Å². The van der Waals surface area contributed by atoms with Gasteiger partial charge in [-0.1, -0.05) is 32.0 Å². The van der Waals surface area contributed by atoms with Gasteiger partial charge in [0.2, 0.25) is 0 Å². The Hall–Kier alpha value is -1.02. The van der Waals surface area contributed by atoms with Crippen LogP contribution < -0.4 is 15.4 Å². The highest BCUT2D eigenvalue weighted by molar-refractivity contribution is 14.0. The molecule has 0 saturated heterocycles. The Balaban J connectivity index is 0.00000338. The summed E-state index contributed by atoms with van der Waals surface area (Å²) in [5.74, 6) is 2.34. The van der Waals surface area contributed by atoms with Crippen molar-refractivity contribution >= 4 is 29.9 Å². The molecule has 1 aromatic carbocycles. The maximum absolute atomic E-state index is 5.82. The second-order valence-corrected chi connectivity index (χ2v) is 6.66. The molecule has 2 atom stereocenters. The molecule has 0 spiro atoms. The van der Waals surface area contributed by atoms with Crippen LogP contribution in [0.4, 0.5) is 0 Å². The number of aliphatic imine (C=N–C) groups is 1. The average molecular weight is 475 g/mol. The molecule has 1 aliphatic rings. The van der Waals surface area contributed by atoms with Gasteiger partial charge >= 0.3 is 0 Å². The summed E-state index contributed by atoms with van der Waals surface area (Å²) in [6.45, 7) is 11.6. The number of guanidine groups is 1. The van der Waals surface area contributed by atoms with Crippen molar-refractivity contribution in [3.8, 4) is 5.75 Å². The van der Waals surface area contributed by atoms with Crippen LogP contribution in [0.15, 0.2) is 29.3 Å². The number of ether oxygens (including phenoxy) is 2. The summed E-state index contributed by atoms with van der Waals surface area (Å²) in [7, 11) is 0. The number of hydrogen-bond acceptors (Lipinski definition) is 3. The van der Waals surface area contributed by atoms with Crippen LogP contribution in [0, 0.1) is 5.92 Å². The molecule has 2 rings (SSSR count). The molecular formula is C20H34IN3O2. The zero-order valence-corrected chi connectivity index (χ0v) is 18.8. The predicted octanol–water partition coefficient (Wildman–Crippen LogP) is 4.13. The third-order valence-electron chi connectivity index (χ3n) is 4.42. The SMILES string of the molecule is CCNC(=NCCC(OCC)C(C)C)NC1CCOc2ccccc21.I. The highest BCUT2D eigenvalue weighted by atomic mass is 127. The van der Waals surface area contributed by atoms with Gasteiger partial charge in [0.1, 0.15) is 5.75 Å². The van der Waals surface area contributed by atoms with E-state index in [-0.39, 0.29) is 36.1 Å². The molecule has 0 amide bonds. The van der Waals surface area contributed by atoms with Gasteiger partial charge < -0.3 is 20.1 Å². The van der Waals surface area contributed by atoms with E-state index in [0.717, 1.165) is 50.9 Å². The van der Waals surface area contributed by atoms with Crippen LogP contribution in [-0.4, -0.2) is 38.4 Å². The molecule has 2 unspecified atom stereocenters. The fraction of sp³-hybridized carbons (Fsp3) is 0.650. The molecule has 0 fully saturated rings. The van der Waals surface area contributed by atoms with Crippen molar-refractivity contribution in [2.24, 2.45) is 10.9 Å². The summed E-state index contributed by atoms with van der Waals surface area (Å²) in [5, 5.41) is 6.92. The summed E-state index contributed by atoms with van der Waals surface area (Å²) in [6.07, 6.45) is 2.14. The van der Waals surface area contributed by atoms with Crippen molar-refractivity contribution in [3.63, 3.8) is 0 Å². The van der Waals surface area contributed by atoms with E-state index >= 15 is 0 Å². The van der Waals surface area contributed by atoms with Crippen LogP contribution in [0.25, 0.3) is 0 Å². The topological polar surface area (TPSA) is 54.9 Å². The Morgan fingerprint density at radius 1 is 1.31 bits per heavy atom. The molecule has 0 aliphatic carbocycles. The van der Waals surface area contributed by atoms with Crippen LogP contribution in [0.1, 0.15) is 52.1 Å². The van der Waals surface area contributed by atoms with Gasteiger partial charge in [0.25, 0.3) is 0 Å². The number of halogens is 1. The molecule has 0 radical (unpaired) electrons. The monoisotopic (exact) mass is 475 g/mol. The van der Waals surface area contributed by atoms with E-state index in [4.69, 9.17) is 14.5 Å². The zero-order valence-electron chi connectivity index (χ0n) is 16.5. The smallest absolute Gasteiger partial charge is 0.191 e. The number of fused-ring (bicyclic) bond motifs is 1. The molecule has 148 valence electrons. The second kappa shape index (κ2) is 12.4. The molecule has 0 aromatic heterocycles. The third-order valence-corrected chi connectivity index (χ3v) is 4.42. The highest BCUT2D eigenvalue weighted by Crippen LogP contribution is 2.31. The summed E-state index contributed by atoms with van der Waals surface area (Å²) in [5.41, 5.74) is 1.20. The lowest BCUT2D eigenvalue weighted by molar-refractivity contribution is 0.0266. The molecule has 6 heteroatoms. The van der Waals surface area contributed by atoms with Crippen LogP contribution in [-0.2, 0) is 4.74 Å². The first-order chi connectivity index (χ1) is 12.2. The minimum atomic E-state index is 0. The Morgan fingerprint density at radius 2 is 2.08 bits per heavy atom. The molecule has 26 heavy (non-hydrogen) atoms. The van der Waals surface area contributed by atoms with Gasteiger partial charge in [-0.15, -0.1) is 24.0 Å². The molecule has 1 aromatic rings. The number of rotatable bonds is 8. The largest absolute Gasteiger partial charge is 0.493 e. The van der Waals surface area contributed by atoms with E-state index in [1.54, 1.807) is 0 Å². The number of nitrogens with zero attached hydrogens (tertiary/aromatic N) is 1. The standard InChI is InChI=1S/C20H33N3O2.HI/c1-5-21-20(22-13-11-18(15(3)4)24-6-2)23-17-12-14-25-19-10-8-7-9-16(17)19;/h7-10,15,17-18H,5-6,11-14H2,1-4H3,(H2,21,22,23);1H. The lowest BCUT2D eigenvalue weighted by Crippen LogP contribution is -2.41. The lowest BCUT2D eigenvalue weighted by Gasteiger charge is -2.28. The summed E-state index contributed by atoms with van der Waals surface area (Å²) < 4.78 is 11.6. The van der Waals surface area contributed by atoms with Gasteiger partial charge in [0.15, 0.2) is 5.96 Å². The molecule has 1 heterocycles. The Labute approximate surface area is 175 Å². The van der Waals surface area contributed by atoms with Gasteiger partial charge in [-0.05, 0) is 32.3 Å². The van der Waals surface area contributed by atoms with Crippen LogP contribution in [0.3, 0.4) is 0 Å². The van der Waals surface area contributed by atoms with Gasteiger partial charge in [-0.25, -0.2) is 0 Å². The van der Waals surface area contributed by atoms with Crippen molar-refractivity contribution in [1.82, 2.24) is 10.6 Å². The number of nitrogens with one attached hydrogen (secondary N) is 2. The minimum absolute atomic E-state index is 0. The van der Waals surface area contributed by atoms with Crippen molar-refractivity contribution in [2.75, 3.05) is 26.3 Å². The number of benzene rings is 1. The van der Waals surface area contributed by atoms with Gasteiger partial charge in [0.05, 0.1) is 18.8 Å². The van der Waals surface area contributed by atoms with E-state index in [9.17, 15) is 0 Å². The van der Waals surface area contributed by atoms with Crippen molar-refractivity contribution in [1.29, 1.82) is 0 Å². The fourth-order valence-electron chi connectivity index (χ4n) is 3.10. The molecule has 2 N–H and O–H groups in total. The number of hydrogen-bond donors (Lipinski definition) is 2. The van der Waals surface area contributed by atoms with Crippen molar-refractivity contribution in [3.05, 3.63) is 29.8 Å². The Bertz CT molecular complexity index is 552. The molecule has 0 saturated carbocycles. The maximum atomic E-state index is 5.82. The first kappa shape index (κ1) is 23.0. The first-order valence-electron chi connectivity index (χ1n) is 9.53. The average Bonchev–Trinajstić information content (AvgIpc) is 2.61. The third kappa shape index (κ3) is 6.95. The number of para-hydroxylation sites is 1. The fourth-order valence-corrected chi connectivity index (χ4v) is 3.10. The van der Waals surface area contributed by atoms with Crippen molar-refractivity contribution < 1.29 is 9.47 Å². The molecule has 5 nitrogen and oxygen atoms in total. The summed E-state index contributed by atoms with van der Waals surface area (Å²) >= 11 is 0. The van der Waals surface area contributed by atoms with Crippen molar-refractivity contribution in [2.45, 2.75) is 52.7 Å². The highest BCUT2D eigenvalue weighted by Gasteiger charge is 2.21.